The molecule has 2 aliphatic rings. The number of nitrogens with zero attached hydrogens (tertiary/aromatic N) is 2. The van der Waals surface area contributed by atoms with Gasteiger partial charge in [0, 0.05) is 12.2 Å². The van der Waals surface area contributed by atoms with Gasteiger partial charge in [-0.15, -0.1) is 0 Å². The molecule has 2 amide bonds. The van der Waals surface area contributed by atoms with Crippen molar-refractivity contribution in [3.63, 3.8) is 0 Å². The predicted octanol–water partition coefficient (Wildman–Crippen LogP) is 2.39. The van der Waals surface area contributed by atoms with Gasteiger partial charge in [0.1, 0.15) is 11.8 Å². The monoisotopic (exact) mass is 322 g/mol. The Morgan fingerprint density at radius 2 is 1.79 bits per heavy atom. The van der Waals surface area contributed by atoms with Crippen molar-refractivity contribution in [3.05, 3.63) is 54.1 Å². The molecule has 1 atom stereocenters. The topological polar surface area (TPSA) is 49.9 Å². The summed E-state index contributed by atoms with van der Waals surface area (Å²) in [5.74, 6) is 0.393. The van der Waals surface area contributed by atoms with Crippen LogP contribution in [0, 0.1) is 0 Å². The van der Waals surface area contributed by atoms with Gasteiger partial charge in [-0.05, 0) is 42.3 Å². The van der Waals surface area contributed by atoms with Crippen LogP contribution in [0.25, 0.3) is 0 Å². The number of imide groups is 1. The van der Waals surface area contributed by atoms with Gasteiger partial charge >= 0.3 is 0 Å². The number of methoxy groups -OCH3 is 1. The summed E-state index contributed by atoms with van der Waals surface area (Å²) in [6, 6.07) is 14.7. The minimum absolute atomic E-state index is 0.151. The van der Waals surface area contributed by atoms with E-state index < -0.39 is 6.04 Å². The highest BCUT2D eigenvalue weighted by atomic mass is 16.5. The summed E-state index contributed by atoms with van der Waals surface area (Å²) < 4.78 is 5.13. The van der Waals surface area contributed by atoms with E-state index in [1.54, 1.807) is 31.4 Å². The van der Waals surface area contributed by atoms with Gasteiger partial charge < -0.3 is 9.64 Å². The number of fused-ring (bicyclic) bond motifs is 1. The summed E-state index contributed by atoms with van der Waals surface area (Å²) in [6.07, 6.45) is 1.13. The van der Waals surface area contributed by atoms with Gasteiger partial charge in [-0.1, -0.05) is 18.2 Å². The summed E-state index contributed by atoms with van der Waals surface area (Å²) >= 11 is 0. The molecule has 122 valence electrons. The SMILES string of the molecule is COc1ccc(N2C(=O)C[C@H](N3CCc4ccccc43)C2=O)cc1. The average molecular weight is 322 g/mol. The molecule has 0 radical (unpaired) electrons. The van der Waals surface area contributed by atoms with E-state index in [0.29, 0.717) is 11.4 Å². The number of ether oxygens (including phenoxy) is 1. The molecule has 1 saturated heterocycles. The first-order chi connectivity index (χ1) is 11.7. The van der Waals surface area contributed by atoms with Crippen molar-refractivity contribution in [2.45, 2.75) is 18.9 Å². The molecule has 5 nitrogen and oxygen atoms in total. The lowest BCUT2D eigenvalue weighted by atomic mass is 10.1. The van der Waals surface area contributed by atoms with Crippen molar-refractivity contribution in [2.24, 2.45) is 0 Å². The molecular formula is C19H18N2O3. The zero-order valence-electron chi connectivity index (χ0n) is 13.4. The lowest BCUT2D eigenvalue weighted by Gasteiger charge is -2.25. The Bertz CT molecular complexity index is 801. The van der Waals surface area contributed by atoms with Gasteiger partial charge in [0.2, 0.25) is 5.91 Å². The van der Waals surface area contributed by atoms with E-state index in [2.05, 4.69) is 11.0 Å². The molecule has 0 bridgehead atoms. The van der Waals surface area contributed by atoms with Crippen molar-refractivity contribution in [2.75, 3.05) is 23.5 Å². The molecule has 0 aromatic heterocycles. The number of hydrogen-bond donors (Lipinski definition) is 0. The first kappa shape index (κ1) is 14.8. The fraction of sp³-hybridized carbons (Fsp3) is 0.263. The van der Waals surface area contributed by atoms with E-state index in [9.17, 15) is 9.59 Å². The van der Waals surface area contributed by atoms with Crippen LogP contribution in [0.3, 0.4) is 0 Å². The molecule has 2 aromatic rings. The third kappa shape index (κ3) is 2.24. The molecule has 1 fully saturated rings. The van der Waals surface area contributed by atoms with E-state index in [4.69, 9.17) is 4.74 Å². The molecule has 2 heterocycles. The van der Waals surface area contributed by atoms with Crippen molar-refractivity contribution in [3.8, 4) is 5.75 Å². The van der Waals surface area contributed by atoms with Crippen LogP contribution < -0.4 is 14.5 Å². The molecule has 4 rings (SSSR count). The second-order valence-electron chi connectivity index (χ2n) is 6.06. The van der Waals surface area contributed by atoms with E-state index in [0.717, 1.165) is 18.7 Å². The first-order valence-corrected chi connectivity index (χ1v) is 8.04. The van der Waals surface area contributed by atoms with Crippen LogP contribution in [0.2, 0.25) is 0 Å². The molecular weight excluding hydrogens is 304 g/mol. The molecule has 0 N–H and O–H groups in total. The molecule has 24 heavy (non-hydrogen) atoms. The fourth-order valence-electron chi connectivity index (χ4n) is 3.55. The predicted molar refractivity (Wildman–Crippen MR) is 91.4 cm³/mol. The van der Waals surface area contributed by atoms with Crippen LogP contribution in [0.15, 0.2) is 48.5 Å². The number of carbonyl (C=O) groups is 2. The zero-order chi connectivity index (χ0) is 16.7. The Labute approximate surface area is 140 Å². The van der Waals surface area contributed by atoms with Crippen molar-refractivity contribution < 1.29 is 14.3 Å². The van der Waals surface area contributed by atoms with Crippen LogP contribution in [0.4, 0.5) is 11.4 Å². The van der Waals surface area contributed by atoms with Crippen LogP contribution in [-0.4, -0.2) is 31.5 Å². The van der Waals surface area contributed by atoms with Gasteiger partial charge in [0.25, 0.3) is 5.91 Å². The summed E-state index contributed by atoms with van der Waals surface area (Å²) in [6.45, 7) is 0.777. The largest absolute Gasteiger partial charge is 0.497 e. The minimum Gasteiger partial charge on any atom is -0.497 e. The van der Waals surface area contributed by atoms with Crippen molar-refractivity contribution >= 4 is 23.2 Å². The van der Waals surface area contributed by atoms with Gasteiger partial charge in [-0.2, -0.15) is 0 Å². The molecule has 0 saturated carbocycles. The lowest BCUT2D eigenvalue weighted by Crippen LogP contribution is -2.41. The Hall–Kier alpha value is -2.82. The highest BCUT2D eigenvalue weighted by Crippen LogP contribution is 2.34. The maximum absolute atomic E-state index is 12.9. The third-order valence-electron chi connectivity index (χ3n) is 4.75. The minimum atomic E-state index is -0.414. The molecule has 0 spiro atoms. The summed E-state index contributed by atoms with van der Waals surface area (Å²) in [5.41, 5.74) is 2.90. The average Bonchev–Trinajstić information content (AvgIpc) is 3.16. The van der Waals surface area contributed by atoms with E-state index in [1.807, 2.05) is 18.2 Å². The number of para-hydroxylation sites is 1. The smallest absolute Gasteiger partial charge is 0.256 e. The van der Waals surface area contributed by atoms with E-state index in [-0.39, 0.29) is 18.2 Å². The van der Waals surface area contributed by atoms with Gasteiger partial charge in [-0.25, -0.2) is 4.90 Å². The van der Waals surface area contributed by atoms with Crippen LogP contribution in [-0.2, 0) is 16.0 Å². The normalized spacial score (nSPS) is 19.8. The van der Waals surface area contributed by atoms with Crippen LogP contribution >= 0.6 is 0 Å². The van der Waals surface area contributed by atoms with E-state index >= 15 is 0 Å². The maximum Gasteiger partial charge on any atom is 0.256 e. The Balaban J connectivity index is 1.62. The maximum atomic E-state index is 12.9. The number of anilines is 2. The summed E-state index contributed by atoms with van der Waals surface area (Å²) in [7, 11) is 1.59. The Morgan fingerprint density at radius 1 is 1.04 bits per heavy atom. The quantitative estimate of drug-likeness (QED) is 0.814. The summed E-state index contributed by atoms with van der Waals surface area (Å²) in [5, 5.41) is 0. The molecule has 2 aromatic carbocycles. The number of rotatable bonds is 3. The van der Waals surface area contributed by atoms with Crippen molar-refractivity contribution in [1.82, 2.24) is 0 Å². The molecule has 0 unspecified atom stereocenters. The highest BCUT2D eigenvalue weighted by molar-refractivity contribution is 6.23. The zero-order valence-corrected chi connectivity index (χ0v) is 13.4. The van der Waals surface area contributed by atoms with Crippen LogP contribution in [0.1, 0.15) is 12.0 Å². The number of amides is 2. The lowest BCUT2D eigenvalue weighted by molar-refractivity contribution is -0.121. The Morgan fingerprint density at radius 3 is 2.54 bits per heavy atom. The second kappa shape index (κ2) is 5.67. The third-order valence-corrected chi connectivity index (χ3v) is 4.75. The molecule has 5 heteroatoms. The first-order valence-electron chi connectivity index (χ1n) is 8.04. The summed E-state index contributed by atoms with van der Waals surface area (Å²) in [4.78, 5) is 28.7. The van der Waals surface area contributed by atoms with E-state index in [1.165, 1.54) is 10.5 Å². The fourth-order valence-corrected chi connectivity index (χ4v) is 3.55. The number of hydrogen-bond acceptors (Lipinski definition) is 4. The number of benzene rings is 2. The molecule has 0 aliphatic carbocycles. The Kier molecular flexibility index (Phi) is 3.49. The molecule has 2 aliphatic heterocycles. The van der Waals surface area contributed by atoms with Crippen LogP contribution in [0.5, 0.6) is 5.75 Å². The standard InChI is InChI=1S/C19H18N2O3/c1-24-15-8-6-14(7-9-15)21-18(22)12-17(19(21)23)20-11-10-13-4-2-3-5-16(13)20/h2-9,17H,10-12H2,1H3/t17-/m0/s1. The number of carbonyl (C=O) groups excluding carboxylic acids is 2. The van der Waals surface area contributed by atoms with Gasteiger partial charge in [-0.3, -0.25) is 9.59 Å². The van der Waals surface area contributed by atoms with Gasteiger partial charge in [0.05, 0.1) is 19.2 Å². The van der Waals surface area contributed by atoms with Gasteiger partial charge in [0.15, 0.2) is 0 Å². The second-order valence-corrected chi connectivity index (χ2v) is 6.06. The van der Waals surface area contributed by atoms with Crippen molar-refractivity contribution in [1.29, 1.82) is 0 Å². The highest BCUT2D eigenvalue weighted by Gasteiger charge is 2.44.